The highest BCUT2D eigenvalue weighted by molar-refractivity contribution is 5.99. The van der Waals surface area contributed by atoms with Crippen LogP contribution < -0.4 is 10.6 Å². The second-order valence-corrected chi connectivity index (χ2v) is 7.90. The summed E-state index contributed by atoms with van der Waals surface area (Å²) in [6, 6.07) is 13.0. The molecule has 0 atom stereocenters. The number of nitrogens with one attached hydrogen (secondary N) is 2. The Morgan fingerprint density at radius 2 is 2.00 bits per heavy atom. The largest absolute Gasteiger partial charge is 0.368 e. The second kappa shape index (κ2) is 7.50. The van der Waals surface area contributed by atoms with Crippen molar-refractivity contribution >= 4 is 28.3 Å². The van der Waals surface area contributed by atoms with Gasteiger partial charge in [-0.15, -0.1) is 0 Å². The van der Waals surface area contributed by atoms with Gasteiger partial charge < -0.3 is 15.2 Å². The molecule has 1 amide bonds. The van der Waals surface area contributed by atoms with E-state index in [1.807, 2.05) is 38.1 Å². The number of benzene rings is 2. The zero-order valence-corrected chi connectivity index (χ0v) is 17.4. The fourth-order valence-electron chi connectivity index (χ4n) is 4.22. The lowest BCUT2D eigenvalue weighted by molar-refractivity contribution is -0.115. The average molecular weight is 415 g/mol. The van der Waals surface area contributed by atoms with Crippen LogP contribution in [0.15, 0.2) is 48.8 Å². The molecule has 0 spiro atoms. The van der Waals surface area contributed by atoms with Crippen LogP contribution in [0.25, 0.3) is 22.2 Å². The lowest BCUT2D eigenvalue weighted by Crippen LogP contribution is -2.12. The molecule has 0 unspecified atom stereocenters. The molecule has 0 saturated carbocycles. The minimum Gasteiger partial charge on any atom is -0.368 e. The first-order valence-corrected chi connectivity index (χ1v) is 10.2. The summed E-state index contributed by atoms with van der Waals surface area (Å²) in [6.45, 7) is 5.29. The number of aryl methyl sites for hydroxylation is 2. The van der Waals surface area contributed by atoms with E-state index in [1.54, 1.807) is 12.1 Å². The van der Waals surface area contributed by atoms with E-state index in [1.165, 1.54) is 6.33 Å². The molecule has 0 aliphatic carbocycles. The first-order chi connectivity index (χ1) is 15.0. The molecular weight excluding hydrogens is 393 g/mol. The normalized spacial score (nSPS) is 12.8. The van der Waals surface area contributed by atoms with E-state index in [9.17, 15) is 9.18 Å². The van der Waals surface area contributed by atoms with Crippen molar-refractivity contribution in [3.63, 3.8) is 0 Å². The van der Waals surface area contributed by atoms with Crippen molar-refractivity contribution < 1.29 is 9.18 Å². The van der Waals surface area contributed by atoms with E-state index in [2.05, 4.69) is 31.2 Å². The Labute approximate surface area is 179 Å². The van der Waals surface area contributed by atoms with E-state index < -0.39 is 0 Å². The lowest BCUT2D eigenvalue weighted by Gasteiger charge is -2.11. The van der Waals surface area contributed by atoms with E-state index in [4.69, 9.17) is 0 Å². The van der Waals surface area contributed by atoms with Gasteiger partial charge in [-0.05, 0) is 55.3 Å². The smallest absolute Gasteiger partial charge is 0.228 e. The molecule has 1 aliphatic heterocycles. The quantitative estimate of drug-likeness (QED) is 0.505. The summed E-state index contributed by atoms with van der Waals surface area (Å²) < 4.78 is 16.0. The van der Waals surface area contributed by atoms with Gasteiger partial charge in [0.25, 0.3) is 0 Å². The standard InChI is InChI=1S/C24H22FN5O/c1-14-7-18(25)11-22-19(14)8-15(2)30(22)6-5-26-23-12-21(27-13-28-23)16-3-4-20-17(9-16)10-24(31)29-20/h3-4,7-9,11-13H,5-6,10H2,1-2H3,(H,29,31)(H,26,27,28). The number of amides is 1. The molecule has 5 rings (SSSR count). The number of hydrogen-bond acceptors (Lipinski definition) is 4. The number of halogens is 1. The highest BCUT2D eigenvalue weighted by atomic mass is 19.1. The third-order valence-corrected chi connectivity index (χ3v) is 5.73. The number of nitrogens with zero attached hydrogens (tertiary/aromatic N) is 3. The van der Waals surface area contributed by atoms with Crippen molar-refractivity contribution in [3.8, 4) is 11.3 Å². The predicted molar refractivity (Wildman–Crippen MR) is 120 cm³/mol. The lowest BCUT2D eigenvalue weighted by atomic mass is 10.1. The summed E-state index contributed by atoms with van der Waals surface area (Å²) >= 11 is 0. The number of anilines is 2. The molecule has 7 heteroatoms. The minimum absolute atomic E-state index is 0.0140. The number of rotatable bonds is 5. The number of hydrogen-bond donors (Lipinski definition) is 2. The van der Waals surface area contributed by atoms with Crippen molar-refractivity contribution in [2.24, 2.45) is 0 Å². The van der Waals surface area contributed by atoms with Crippen LogP contribution in [0.2, 0.25) is 0 Å². The SMILES string of the molecule is Cc1cc(F)cc2c1cc(C)n2CCNc1cc(-c2ccc3c(c2)CC(=O)N3)ncn1. The van der Waals surface area contributed by atoms with Gasteiger partial charge in [0.1, 0.15) is 18.0 Å². The molecule has 0 fully saturated rings. The number of aromatic nitrogens is 3. The minimum atomic E-state index is -0.219. The van der Waals surface area contributed by atoms with Gasteiger partial charge in [-0.2, -0.15) is 0 Å². The summed E-state index contributed by atoms with van der Waals surface area (Å²) in [6.07, 6.45) is 1.92. The molecular formula is C24H22FN5O. The zero-order valence-electron chi connectivity index (χ0n) is 17.4. The van der Waals surface area contributed by atoms with Gasteiger partial charge >= 0.3 is 0 Å². The van der Waals surface area contributed by atoms with Crippen LogP contribution in [-0.4, -0.2) is 27.0 Å². The fraction of sp³-hybridized carbons (Fsp3) is 0.208. The molecule has 0 bridgehead atoms. The van der Waals surface area contributed by atoms with Gasteiger partial charge in [-0.3, -0.25) is 4.79 Å². The molecule has 0 saturated heterocycles. The Kier molecular flexibility index (Phi) is 4.66. The molecule has 2 aromatic heterocycles. The van der Waals surface area contributed by atoms with E-state index in [-0.39, 0.29) is 11.7 Å². The Bertz CT molecular complexity index is 1330. The molecule has 6 nitrogen and oxygen atoms in total. The molecule has 1 aliphatic rings. The molecule has 0 radical (unpaired) electrons. The van der Waals surface area contributed by atoms with Gasteiger partial charge in [-0.25, -0.2) is 14.4 Å². The van der Waals surface area contributed by atoms with E-state index >= 15 is 0 Å². The fourth-order valence-corrected chi connectivity index (χ4v) is 4.22. The van der Waals surface area contributed by atoms with Crippen molar-refractivity contribution in [1.29, 1.82) is 0 Å². The molecule has 156 valence electrons. The molecule has 3 heterocycles. The maximum Gasteiger partial charge on any atom is 0.228 e. The Morgan fingerprint density at radius 1 is 1.13 bits per heavy atom. The summed E-state index contributed by atoms with van der Waals surface area (Å²) in [5.41, 5.74) is 6.52. The predicted octanol–water partition coefficient (Wildman–Crippen LogP) is 4.46. The molecule has 2 aromatic carbocycles. The van der Waals surface area contributed by atoms with Gasteiger partial charge in [0.05, 0.1) is 17.6 Å². The third kappa shape index (κ3) is 3.63. The van der Waals surface area contributed by atoms with Gasteiger partial charge in [-0.1, -0.05) is 6.07 Å². The zero-order chi connectivity index (χ0) is 21.5. The first-order valence-electron chi connectivity index (χ1n) is 10.2. The summed E-state index contributed by atoms with van der Waals surface area (Å²) in [5, 5.41) is 7.26. The van der Waals surface area contributed by atoms with Crippen molar-refractivity contribution in [2.45, 2.75) is 26.8 Å². The van der Waals surface area contributed by atoms with Gasteiger partial charge in [0.15, 0.2) is 0 Å². The Morgan fingerprint density at radius 3 is 2.87 bits per heavy atom. The molecule has 4 aromatic rings. The maximum absolute atomic E-state index is 13.9. The topological polar surface area (TPSA) is 71.8 Å². The van der Waals surface area contributed by atoms with Crippen LogP contribution in [0.3, 0.4) is 0 Å². The van der Waals surface area contributed by atoms with Gasteiger partial charge in [0, 0.05) is 41.5 Å². The van der Waals surface area contributed by atoms with Crippen LogP contribution in [-0.2, 0) is 17.8 Å². The summed E-state index contributed by atoms with van der Waals surface area (Å²) in [7, 11) is 0. The van der Waals surface area contributed by atoms with Crippen molar-refractivity contribution in [1.82, 2.24) is 14.5 Å². The summed E-state index contributed by atoms with van der Waals surface area (Å²) in [5.74, 6) is 0.514. The number of fused-ring (bicyclic) bond motifs is 2. The monoisotopic (exact) mass is 415 g/mol. The second-order valence-electron chi connectivity index (χ2n) is 7.90. The average Bonchev–Trinajstić information content (AvgIpc) is 3.27. The highest BCUT2D eigenvalue weighted by Crippen LogP contribution is 2.29. The van der Waals surface area contributed by atoms with Crippen molar-refractivity contribution in [2.75, 3.05) is 17.2 Å². The van der Waals surface area contributed by atoms with Crippen LogP contribution in [0, 0.1) is 19.7 Å². The Balaban J connectivity index is 1.33. The third-order valence-electron chi connectivity index (χ3n) is 5.73. The van der Waals surface area contributed by atoms with Crippen LogP contribution in [0.1, 0.15) is 16.8 Å². The number of carbonyl (C=O) groups is 1. The van der Waals surface area contributed by atoms with Crippen LogP contribution >= 0.6 is 0 Å². The molecule has 31 heavy (non-hydrogen) atoms. The van der Waals surface area contributed by atoms with E-state index in [0.29, 0.717) is 19.5 Å². The summed E-state index contributed by atoms with van der Waals surface area (Å²) in [4.78, 5) is 20.3. The van der Waals surface area contributed by atoms with Crippen molar-refractivity contribution in [3.05, 3.63) is 71.4 Å². The number of carbonyl (C=O) groups excluding carboxylic acids is 1. The Hall–Kier alpha value is -3.74. The molecule has 2 N–H and O–H groups in total. The highest BCUT2D eigenvalue weighted by Gasteiger charge is 2.18. The van der Waals surface area contributed by atoms with Crippen LogP contribution in [0.4, 0.5) is 15.9 Å². The maximum atomic E-state index is 13.9. The first kappa shape index (κ1) is 19.2. The van der Waals surface area contributed by atoms with E-state index in [0.717, 1.165) is 50.5 Å². The van der Waals surface area contributed by atoms with Crippen LogP contribution in [0.5, 0.6) is 0 Å². The van der Waals surface area contributed by atoms with Gasteiger partial charge in [0.2, 0.25) is 5.91 Å².